The van der Waals surface area contributed by atoms with Crippen LogP contribution in [-0.2, 0) is 11.3 Å². The van der Waals surface area contributed by atoms with E-state index >= 15 is 0 Å². The maximum atomic E-state index is 9.53. The van der Waals surface area contributed by atoms with E-state index in [9.17, 15) is 5.11 Å². The summed E-state index contributed by atoms with van der Waals surface area (Å²) in [5, 5.41) is 9.53. The zero-order chi connectivity index (χ0) is 14.3. The predicted molar refractivity (Wildman–Crippen MR) is 81.5 cm³/mol. The molecule has 0 amide bonds. The van der Waals surface area contributed by atoms with Gasteiger partial charge in [-0.05, 0) is 39.8 Å². The summed E-state index contributed by atoms with van der Waals surface area (Å²) < 4.78 is 7.13. The van der Waals surface area contributed by atoms with Crippen molar-refractivity contribution in [1.82, 2.24) is 0 Å². The van der Waals surface area contributed by atoms with Gasteiger partial charge in [-0.2, -0.15) is 0 Å². The number of benzene rings is 1. The standard InChI is InChI=1S/C15H22BrNO2/c1-14(2)9-17(10-15(3,4)19-14)13-7-12(16)6-5-11(13)8-18/h5-7,18H,8-10H2,1-4H3. The van der Waals surface area contributed by atoms with E-state index in [1.807, 2.05) is 12.1 Å². The van der Waals surface area contributed by atoms with Crippen molar-refractivity contribution in [3.8, 4) is 0 Å². The van der Waals surface area contributed by atoms with Gasteiger partial charge in [-0.15, -0.1) is 0 Å². The highest BCUT2D eigenvalue weighted by Gasteiger charge is 2.38. The van der Waals surface area contributed by atoms with Gasteiger partial charge in [0.1, 0.15) is 0 Å². The lowest BCUT2D eigenvalue weighted by Crippen LogP contribution is -2.57. The molecule has 1 N–H and O–H groups in total. The lowest BCUT2D eigenvalue weighted by Gasteiger charge is -2.48. The second-order valence-corrected chi connectivity index (χ2v) is 7.32. The molecule has 0 aromatic heterocycles. The van der Waals surface area contributed by atoms with E-state index in [2.05, 4.69) is 54.6 Å². The highest BCUT2D eigenvalue weighted by molar-refractivity contribution is 9.10. The fraction of sp³-hybridized carbons (Fsp3) is 0.600. The molecule has 0 aliphatic carbocycles. The summed E-state index contributed by atoms with van der Waals surface area (Å²) in [4.78, 5) is 2.31. The maximum absolute atomic E-state index is 9.53. The Bertz CT molecular complexity index is 455. The van der Waals surface area contributed by atoms with Gasteiger partial charge in [0.25, 0.3) is 0 Å². The summed E-state index contributed by atoms with van der Waals surface area (Å²) in [5.41, 5.74) is 1.64. The van der Waals surface area contributed by atoms with Crippen LogP contribution in [0.5, 0.6) is 0 Å². The van der Waals surface area contributed by atoms with Crippen molar-refractivity contribution in [3.63, 3.8) is 0 Å². The van der Waals surface area contributed by atoms with Crippen LogP contribution >= 0.6 is 15.9 Å². The molecule has 2 rings (SSSR count). The van der Waals surface area contributed by atoms with E-state index in [1.54, 1.807) is 0 Å². The summed E-state index contributed by atoms with van der Waals surface area (Å²) in [6.45, 7) is 10.1. The molecule has 1 aromatic rings. The van der Waals surface area contributed by atoms with E-state index in [0.29, 0.717) is 0 Å². The molecular weight excluding hydrogens is 306 g/mol. The minimum absolute atomic E-state index is 0.0564. The van der Waals surface area contributed by atoms with Crippen LogP contribution < -0.4 is 4.90 Å². The Morgan fingerprint density at radius 3 is 2.32 bits per heavy atom. The third-order valence-corrected chi connectivity index (χ3v) is 3.75. The number of halogens is 1. The van der Waals surface area contributed by atoms with Crippen LogP contribution in [0.1, 0.15) is 33.3 Å². The quantitative estimate of drug-likeness (QED) is 0.904. The fourth-order valence-corrected chi connectivity index (χ4v) is 3.27. The number of hydrogen-bond donors (Lipinski definition) is 1. The molecule has 0 bridgehead atoms. The maximum Gasteiger partial charge on any atom is 0.0808 e. The minimum Gasteiger partial charge on any atom is -0.392 e. The Kier molecular flexibility index (Phi) is 3.96. The van der Waals surface area contributed by atoms with Crippen molar-refractivity contribution >= 4 is 21.6 Å². The van der Waals surface area contributed by atoms with Crippen molar-refractivity contribution in [2.24, 2.45) is 0 Å². The van der Waals surface area contributed by atoms with Crippen molar-refractivity contribution in [2.75, 3.05) is 18.0 Å². The normalized spacial score (nSPS) is 21.5. The number of hydrogen-bond acceptors (Lipinski definition) is 3. The lowest BCUT2D eigenvalue weighted by molar-refractivity contribution is -0.133. The fourth-order valence-electron chi connectivity index (χ4n) is 2.92. The third kappa shape index (κ3) is 3.50. The molecule has 3 nitrogen and oxygen atoms in total. The van der Waals surface area contributed by atoms with Gasteiger partial charge in [0.15, 0.2) is 0 Å². The van der Waals surface area contributed by atoms with Crippen LogP contribution in [0.25, 0.3) is 0 Å². The van der Waals surface area contributed by atoms with E-state index < -0.39 is 0 Å². The Hall–Kier alpha value is -0.580. The smallest absolute Gasteiger partial charge is 0.0808 e. The van der Waals surface area contributed by atoms with Gasteiger partial charge >= 0.3 is 0 Å². The van der Waals surface area contributed by atoms with Gasteiger partial charge in [0.05, 0.1) is 17.8 Å². The monoisotopic (exact) mass is 327 g/mol. The minimum atomic E-state index is -0.198. The molecule has 1 fully saturated rings. The predicted octanol–water partition coefficient (Wildman–Crippen LogP) is 3.34. The molecule has 1 aliphatic heterocycles. The van der Waals surface area contributed by atoms with Crippen molar-refractivity contribution in [2.45, 2.75) is 45.5 Å². The molecule has 1 aliphatic rings. The van der Waals surface area contributed by atoms with Gasteiger partial charge in [-0.25, -0.2) is 0 Å². The molecule has 0 spiro atoms. The Morgan fingerprint density at radius 2 is 1.79 bits per heavy atom. The van der Waals surface area contributed by atoms with Gasteiger partial charge in [0.2, 0.25) is 0 Å². The Morgan fingerprint density at radius 1 is 1.21 bits per heavy atom. The van der Waals surface area contributed by atoms with Gasteiger partial charge in [-0.3, -0.25) is 0 Å². The molecule has 4 heteroatoms. The first kappa shape index (κ1) is 14.8. The highest BCUT2D eigenvalue weighted by Crippen LogP contribution is 2.34. The lowest BCUT2D eigenvalue weighted by atomic mass is 9.97. The molecule has 1 saturated heterocycles. The van der Waals surface area contributed by atoms with Crippen LogP contribution in [0.15, 0.2) is 22.7 Å². The van der Waals surface area contributed by atoms with Crippen molar-refractivity contribution in [3.05, 3.63) is 28.2 Å². The average molecular weight is 328 g/mol. The van der Waals surface area contributed by atoms with Crippen molar-refractivity contribution in [1.29, 1.82) is 0 Å². The number of nitrogens with zero attached hydrogens (tertiary/aromatic N) is 1. The van der Waals surface area contributed by atoms with E-state index in [-0.39, 0.29) is 17.8 Å². The zero-order valence-electron chi connectivity index (χ0n) is 12.0. The number of aliphatic hydroxyl groups is 1. The van der Waals surface area contributed by atoms with Gasteiger partial charge in [0, 0.05) is 28.8 Å². The first-order valence-electron chi connectivity index (χ1n) is 6.57. The van der Waals surface area contributed by atoms with Gasteiger partial charge < -0.3 is 14.7 Å². The van der Waals surface area contributed by atoms with Crippen molar-refractivity contribution < 1.29 is 9.84 Å². The molecule has 106 valence electrons. The van der Waals surface area contributed by atoms with Crippen LogP contribution in [0.4, 0.5) is 5.69 Å². The summed E-state index contributed by atoms with van der Waals surface area (Å²) in [6.07, 6.45) is 0. The van der Waals surface area contributed by atoms with Crippen LogP contribution in [0.3, 0.4) is 0 Å². The van der Waals surface area contributed by atoms with Crippen LogP contribution in [-0.4, -0.2) is 29.4 Å². The molecular formula is C15H22BrNO2. The number of rotatable bonds is 2. The molecule has 0 radical (unpaired) electrons. The van der Waals surface area contributed by atoms with E-state index in [1.165, 1.54) is 0 Å². The molecule has 1 heterocycles. The number of aliphatic hydroxyl groups excluding tert-OH is 1. The Labute approximate surface area is 123 Å². The summed E-state index contributed by atoms with van der Waals surface area (Å²) in [7, 11) is 0. The third-order valence-electron chi connectivity index (χ3n) is 3.25. The summed E-state index contributed by atoms with van der Waals surface area (Å²) in [6, 6.07) is 6.00. The SMILES string of the molecule is CC1(C)CN(c2cc(Br)ccc2CO)CC(C)(C)O1. The van der Waals surface area contributed by atoms with Crippen LogP contribution in [0.2, 0.25) is 0 Å². The Balaban J connectivity index is 2.38. The molecule has 0 atom stereocenters. The summed E-state index contributed by atoms with van der Waals surface area (Å²) in [5.74, 6) is 0. The van der Waals surface area contributed by atoms with Crippen LogP contribution in [0, 0.1) is 0 Å². The largest absolute Gasteiger partial charge is 0.392 e. The zero-order valence-corrected chi connectivity index (χ0v) is 13.6. The second-order valence-electron chi connectivity index (χ2n) is 6.41. The molecule has 1 aromatic carbocycles. The molecule has 19 heavy (non-hydrogen) atoms. The number of anilines is 1. The molecule has 0 unspecified atom stereocenters. The summed E-state index contributed by atoms with van der Waals surface area (Å²) >= 11 is 3.51. The van der Waals surface area contributed by atoms with E-state index in [0.717, 1.165) is 28.8 Å². The first-order chi connectivity index (χ1) is 8.72. The highest BCUT2D eigenvalue weighted by atomic mass is 79.9. The molecule has 0 saturated carbocycles. The van der Waals surface area contributed by atoms with Gasteiger partial charge in [-0.1, -0.05) is 22.0 Å². The topological polar surface area (TPSA) is 32.7 Å². The average Bonchev–Trinajstić information content (AvgIpc) is 2.24. The first-order valence-corrected chi connectivity index (χ1v) is 7.36. The number of ether oxygens (including phenoxy) is 1. The van der Waals surface area contributed by atoms with E-state index in [4.69, 9.17) is 4.74 Å². The second kappa shape index (κ2) is 5.08. The number of morpholine rings is 1.